The Bertz CT molecular complexity index is 414. The van der Waals surface area contributed by atoms with Gasteiger partial charge in [0.1, 0.15) is 11.6 Å². The summed E-state index contributed by atoms with van der Waals surface area (Å²) in [5, 5.41) is 3.25. The van der Waals surface area contributed by atoms with E-state index in [-0.39, 0.29) is 11.8 Å². The Kier molecular flexibility index (Phi) is 3.74. The number of benzene rings is 1. The van der Waals surface area contributed by atoms with Gasteiger partial charge in [0, 0.05) is 12.5 Å². The highest BCUT2D eigenvalue weighted by atomic mass is 19.1. The molecule has 0 bridgehead atoms. The maximum absolute atomic E-state index is 13.1. The van der Waals surface area contributed by atoms with Crippen LogP contribution in [0.25, 0.3) is 0 Å². The van der Waals surface area contributed by atoms with Crippen molar-refractivity contribution >= 4 is 5.78 Å². The number of hydrogen-bond acceptors (Lipinski definition) is 3. The van der Waals surface area contributed by atoms with E-state index in [9.17, 15) is 9.18 Å². The molecule has 0 aliphatic carbocycles. The molecule has 17 heavy (non-hydrogen) atoms. The first-order valence-electron chi connectivity index (χ1n) is 5.81. The van der Waals surface area contributed by atoms with Crippen LogP contribution >= 0.6 is 0 Å². The minimum Gasteiger partial charge on any atom is -0.496 e. The first-order chi connectivity index (χ1) is 8.20. The first kappa shape index (κ1) is 12.0. The summed E-state index contributed by atoms with van der Waals surface area (Å²) in [6, 6.07) is 4.25. The van der Waals surface area contributed by atoms with Crippen molar-refractivity contribution in [3.05, 3.63) is 29.6 Å². The zero-order valence-corrected chi connectivity index (χ0v) is 9.83. The monoisotopic (exact) mass is 237 g/mol. The average molecular weight is 237 g/mol. The highest BCUT2D eigenvalue weighted by molar-refractivity contribution is 5.99. The maximum atomic E-state index is 13.1. The largest absolute Gasteiger partial charge is 0.496 e. The molecule has 1 fully saturated rings. The Balaban J connectivity index is 2.14. The van der Waals surface area contributed by atoms with Crippen molar-refractivity contribution in [2.75, 3.05) is 13.7 Å². The third-order valence-corrected chi connectivity index (χ3v) is 3.06. The summed E-state index contributed by atoms with van der Waals surface area (Å²) in [7, 11) is 1.48. The van der Waals surface area contributed by atoms with Crippen molar-refractivity contribution in [1.82, 2.24) is 5.32 Å². The lowest BCUT2D eigenvalue weighted by Gasteiger charge is -2.11. The molecule has 1 aliphatic rings. The molecule has 1 atom stereocenters. The number of ether oxygens (including phenoxy) is 1. The molecule has 92 valence electrons. The van der Waals surface area contributed by atoms with Crippen molar-refractivity contribution in [3.63, 3.8) is 0 Å². The lowest BCUT2D eigenvalue weighted by molar-refractivity contribution is 0.0968. The molecule has 1 unspecified atom stereocenters. The van der Waals surface area contributed by atoms with Gasteiger partial charge in [0.2, 0.25) is 0 Å². The van der Waals surface area contributed by atoms with Crippen LogP contribution in [-0.4, -0.2) is 25.5 Å². The quantitative estimate of drug-likeness (QED) is 0.815. The predicted octanol–water partition coefficient (Wildman–Crippen LogP) is 2.16. The Labute approximate surface area is 100.0 Å². The van der Waals surface area contributed by atoms with E-state index in [4.69, 9.17) is 4.74 Å². The van der Waals surface area contributed by atoms with Crippen LogP contribution in [0, 0.1) is 5.82 Å². The van der Waals surface area contributed by atoms with Gasteiger partial charge in [-0.3, -0.25) is 4.79 Å². The van der Waals surface area contributed by atoms with E-state index < -0.39 is 5.82 Å². The highest BCUT2D eigenvalue weighted by Gasteiger charge is 2.21. The molecule has 1 heterocycles. The van der Waals surface area contributed by atoms with Gasteiger partial charge in [-0.2, -0.15) is 0 Å². The highest BCUT2D eigenvalue weighted by Crippen LogP contribution is 2.22. The van der Waals surface area contributed by atoms with Gasteiger partial charge < -0.3 is 10.1 Å². The van der Waals surface area contributed by atoms with Gasteiger partial charge in [0.05, 0.1) is 12.7 Å². The zero-order chi connectivity index (χ0) is 12.3. The van der Waals surface area contributed by atoms with E-state index in [1.54, 1.807) is 0 Å². The van der Waals surface area contributed by atoms with Crippen LogP contribution in [0.3, 0.4) is 0 Å². The number of halogens is 1. The smallest absolute Gasteiger partial charge is 0.168 e. The van der Waals surface area contributed by atoms with Crippen LogP contribution in [0.5, 0.6) is 5.75 Å². The summed E-state index contributed by atoms with van der Waals surface area (Å²) in [5.74, 6) is -0.0383. The van der Waals surface area contributed by atoms with E-state index in [2.05, 4.69) is 5.32 Å². The molecule has 1 N–H and O–H groups in total. The molecule has 2 rings (SSSR count). The topological polar surface area (TPSA) is 38.3 Å². The molecular weight excluding hydrogens is 221 g/mol. The van der Waals surface area contributed by atoms with Gasteiger partial charge in [0.25, 0.3) is 0 Å². The lowest BCUT2D eigenvalue weighted by atomic mass is 10.0. The molecule has 0 amide bonds. The van der Waals surface area contributed by atoms with E-state index in [0.717, 1.165) is 19.4 Å². The molecule has 3 nitrogen and oxygen atoms in total. The summed E-state index contributed by atoms with van der Waals surface area (Å²) in [6.07, 6.45) is 2.50. The predicted molar refractivity (Wildman–Crippen MR) is 62.9 cm³/mol. The number of hydrogen-bond donors (Lipinski definition) is 1. The molecule has 0 spiro atoms. The molecule has 0 aromatic heterocycles. The fourth-order valence-corrected chi connectivity index (χ4v) is 2.16. The zero-order valence-electron chi connectivity index (χ0n) is 9.83. The Hall–Kier alpha value is -1.42. The molecule has 1 aromatic rings. The van der Waals surface area contributed by atoms with Gasteiger partial charge in [-0.1, -0.05) is 0 Å². The first-order valence-corrected chi connectivity index (χ1v) is 5.81. The van der Waals surface area contributed by atoms with Gasteiger partial charge in [0.15, 0.2) is 5.78 Å². The minimum atomic E-state index is -0.409. The number of nitrogens with one attached hydrogen (secondary N) is 1. The molecular formula is C13H16FNO2. The van der Waals surface area contributed by atoms with Crippen LogP contribution in [0.1, 0.15) is 29.6 Å². The van der Waals surface area contributed by atoms with Crippen LogP contribution in [0.2, 0.25) is 0 Å². The third-order valence-electron chi connectivity index (χ3n) is 3.06. The van der Waals surface area contributed by atoms with E-state index in [1.807, 2.05) is 0 Å². The Morgan fingerprint density at radius 1 is 1.59 bits per heavy atom. The number of rotatable bonds is 4. The fraction of sp³-hybridized carbons (Fsp3) is 0.462. The Morgan fingerprint density at radius 2 is 2.41 bits per heavy atom. The lowest BCUT2D eigenvalue weighted by Crippen LogP contribution is -2.24. The summed E-state index contributed by atoms with van der Waals surface area (Å²) in [6.45, 7) is 0.957. The third kappa shape index (κ3) is 2.82. The van der Waals surface area contributed by atoms with Crippen molar-refractivity contribution in [2.45, 2.75) is 25.3 Å². The Morgan fingerprint density at radius 3 is 3.06 bits per heavy atom. The fourth-order valence-electron chi connectivity index (χ4n) is 2.16. The van der Waals surface area contributed by atoms with E-state index in [0.29, 0.717) is 17.7 Å². The summed E-state index contributed by atoms with van der Waals surface area (Å²) in [4.78, 5) is 12.0. The van der Waals surface area contributed by atoms with Gasteiger partial charge in [-0.05, 0) is 37.6 Å². The van der Waals surface area contributed by atoms with Crippen molar-refractivity contribution in [3.8, 4) is 5.75 Å². The van der Waals surface area contributed by atoms with Crippen molar-refractivity contribution < 1.29 is 13.9 Å². The SMILES string of the molecule is COc1ccc(F)cc1C(=O)CC1CCCN1. The number of carbonyl (C=O) groups excluding carboxylic acids is 1. The average Bonchev–Trinajstić information content (AvgIpc) is 2.81. The van der Waals surface area contributed by atoms with Crippen molar-refractivity contribution in [2.24, 2.45) is 0 Å². The normalized spacial score (nSPS) is 19.3. The van der Waals surface area contributed by atoms with Gasteiger partial charge in [-0.15, -0.1) is 0 Å². The van der Waals surface area contributed by atoms with Crippen molar-refractivity contribution in [1.29, 1.82) is 0 Å². The second-order valence-electron chi connectivity index (χ2n) is 4.27. The van der Waals surface area contributed by atoms with Gasteiger partial charge >= 0.3 is 0 Å². The molecule has 1 saturated heterocycles. The van der Waals surface area contributed by atoms with Gasteiger partial charge in [-0.25, -0.2) is 4.39 Å². The number of Topliss-reactive ketones (excluding diaryl/α,β-unsaturated/α-hetero) is 1. The maximum Gasteiger partial charge on any atom is 0.168 e. The number of ketones is 1. The van der Waals surface area contributed by atoms with Crippen LogP contribution in [0.4, 0.5) is 4.39 Å². The number of methoxy groups -OCH3 is 1. The second-order valence-corrected chi connectivity index (χ2v) is 4.27. The standard InChI is InChI=1S/C13H16FNO2/c1-17-13-5-4-9(14)7-11(13)12(16)8-10-3-2-6-15-10/h4-5,7,10,15H,2-3,6,8H2,1H3. The summed E-state index contributed by atoms with van der Waals surface area (Å²) < 4.78 is 18.2. The molecule has 0 saturated carbocycles. The van der Waals surface area contributed by atoms with Crippen LogP contribution in [-0.2, 0) is 0 Å². The van der Waals surface area contributed by atoms with E-state index >= 15 is 0 Å². The summed E-state index contributed by atoms with van der Waals surface area (Å²) >= 11 is 0. The molecule has 4 heteroatoms. The van der Waals surface area contributed by atoms with Crippen LogP contribution < -0.4 is 10.1 Å². The molecule has 1 aliphatic heterocycles. The van der Waals surface area contributed by atoms with E-state index in [1.165, 1.54) is 25.3 Å². The molecule has 0 radical (unpaired) electrons. The summed E-state index contributed by atoms with van der Waals surface area (Å²) in [5.41, 5.74) is 0.334. The minimum absolute atomic E-state index is 0.0687. The number of carbonyl (C=O) groups is 1. The molecule has 1 aromatic carbocycles. The second kappa shape index (κ2) is 5.27. The van der Waals surface area contributed by atoms with Crippen LogP contribution in [0.15, 0.2) is 18.2 Å².